The van der Waals surface area contributed by atoms with Crippen molar-refractivity contribution in [2.45, 2.75) is 19.4 Å². The summed E-state index contributed by atoms with van der Waals surface area (Å²) in [7, 11) is 0. The van der Waals surface area contributed by atoms with Crippen LogP contribution in [-0.2, 0) is 4.74 Å². The van der Waals surface area contributed by atoms with E-state index in [0.29, 0.717) is 18.7 Å². The number of nitrogens with one attached hydrogen (secondary N) is 2. The predicted molar refractivity (Wildman–Crippen MR) is 114 cm³/mol. The number of ether oxygens (including phenoxy) is 1. The summed E-state index contributed by atoms with van der Waals surface area (Å²) >= 11 is 0. The van der Waals surface area contributed by atoms with Gasteiger partial charge in [-0.25, -0.2) is 4.98 Å². The van der Waals surface area contributed by atoms with Gasteiger partial charge in [-0.2, -0.15) is 0 Å². The fourth-order valence-electron chi connectivity index (χ4n) is 3.73. The molecule has 1 atom stereocenters. The summed E-state index contributed by atoms with van der Waals surface area (Å²) in [6.45, 7) is 4.63. The van der Waals surface area contributed by atoms with Gasteiger partial charge < -0.3 is 25.0 Å². The SMILES string of the molecule is Cc1[nH]c2ccc(C(=O)N3CCOC[C@](O)(CNC(=O)c4cnccn4)C3)cc2c1C. The van der Waals surface area contributed by atoms with Crippen LogP contribution in [0.15, 0.2) is 36.8 Å². The average Bonchev–Trinajstić information content (AvgIpc) is 2.94. The van der Waals surface area contributed by atoms with E-state index in [1.54, 1.807) is 11.0 Å². The number of H-pyrrole nitrogens is 1. The van der Waals surface area contributed by atoms with Crippen LogP contribution in [0.5, 0.6) is 0 Å². The summed E-state index contributed by atoms with van der Waals surface area (Å²) in [5, 5.41) is 14.7. The van der Waals surface area contributed by atoms with Crippen molar-refractivity contribution in [3.63, 3.8) is 0 Å². The van der Waals surface area contributed by atoms with Crippen LogP contribution in [0, 0.1) is 13.8 Å². The Kier molecular flexibility index (Phi) is 5.71. The maximum atomic E-state index is 13.2. The molecule has 1 aliphatic rings. The van der Waals surface area contributed by atoms with Crippen LogP contribution in [0.1, 0.15) is 32.1 Å². The van der Waals surface area contributed by atoms with Crippen LogP contribution in [0.25, 0.3) is 10.9 Å². The van der Waals surface area contributed by atoms with E-state index in [-0.39, 0.29) is 31.3 Å². The zero-order chi connectivity index (χ0) is 22.0. The minimum absolute atomic E-state index is 0.00662. The monoisotopic (exact) mass is 423 g/mol. The van der Waals surface area contributed by atoms with Gasteiger partial charge in [0.2, 0.25) is 0 Å². The maximum Gasteiger partial charge on any atom is 0.271 e. The van der Waals surface area contributed by atoms with E-state index >= 15 is 0 Å². The van der Waals surface area contributed by atoms with Gasteiger partial charge in [-0.15, -0.1) is 0 Å². The van der Waals surface area contributed by atoms with Crippen LogP contribution in [0.2, 0.25) is 0 Å². The van der Waals surface area contributed by atoms with Gasteiger partial charge in [-0.3, -0.25) is 14.6 Å². The number of amides is 2. The Labute approximate surface area is 179 Å². The molecule has 3 N–H and O–H groups in total. The number of carbonyl (C=O) groups is 2. The fourth-order valence-corrected chi connectivity index (χ4v) is 3.73. The Balaban J connectivity index is 1.49. The lowest BCUT2D eigenvalue weighted by atomic mass is 10.0. The summed E-state index contributed by atoms with van der Waals surface area (Å²) in [5.74, 6) is -0.642. The molecule has 2 aromatic heterocycles. The molecule has 9 nitrogen and oxygen atoms in total. The van der Waals surface area contributed by atoms with Gasteiger partial charge in [0.1, 0.15) is 11.3 Å². The maximum absolute atomic E-state index is 13.2. The molecule has 162 valence electrons. The molecule has 0 unspecified atom stereocenters. The van der Waals surface area contributed by atoms with E-state index in [9.17, 15) is 14.7 Å². The lowest BCUT2D eigenvalue weighted by Gasteiger charge is -2.31. The van der Waals surface area contributed by atoms with E-state index in [2.05, 4.69) is 20.3 Å². The average molecular weight is 423 g/mol. The molecule has 31 heavy (non-hydrogen) atoms. The van der Waals surface area contributed by atoms with Crippen molar-refractivity contribution >= 4 is 22.7 Å². The second kappa shape index (κ2) is 8.44. The second-order valence-corrected chi connectivity index (χ2v) is 7.91. The van der Waals surface area contributed by atoms with E-state index in [4.69, 9.17) is 4.74 Å². The number of rotatable bonds is 4. The number of benzene rings is 1. The fraction of sp³-hybridized carbons (Fsp3) is 0.364. The number of aromatic amines is 1. The summed E-state index contributed by atoms with van der Waals surface area (Å²) in [5.41, 5.74) is 2.42. The zero-order valence-electron chi connectivity index (χ0n) is 17.5. The van der Waals surface area contributed by atoms with Crippen LogP contribution >= 0.6 is 0 Å². The highest BCUT2D eigenvalue weighted by Gasteiger charge is 2.35. The number of aryl methyl sites for hydroxylation is 2. The molecule has 0 saturated carbocycles. The minimum Gasteiger partial charge on any atom is -0.384 e. The summed E-state index contributed by atoms with van der Waals surface area (Å²) in [6.07, 6.45) is 4.24. The Hall–Kier alpha value is -3.30. The summed E-state index contributed by atoms with van der Waals surface area (Å²) in [4.78, 5) is 38.1. The Morgan fingerprint density at radius 1 is 1.32 bits per heavy atom. The first kappa shape index (κ1) is 21.0. The molecule has 1 fully saturated rings. The van der Waals surface area contributed by atoms with Crippen LogP contribution in [0.4, 0.5) is 0 Å². The highest BCUT2D eigenvalue weighted by molar-refractivity contribution is 5.99. The third-order valence-corrected chi connectivity index (χ3v) is 5.58. The van der Waals surface area contributed by atoms with Crippen LogP contribution in [0.3, 0.4) is 0 Å². The lowest BCUT2D eigenvalue weighted by Crippen LogP contribution is -2.53. The number of aromatic nitrogens is 3. The number of β-amino-alcohol motifs (C(OH)–C–C–N with tert-alkyl or cyclic N) is 1. The van der Waals surface area contributed by atoms with Crippen molar-refractivity contribution < 1.29 is 19.4 Å². The normalized spacial score (nSPS) is 19.3. The number of fused-ring (bicyclic) bond motifs is 1. The first-order valence-corrected chi connectivity index (χ1v) is 10.1. The largest absolute Gasteiger partial charge is 0.384 e. The van der Waals surface area contributed by atoms with Crippen LogP contribution in [-0.4, -0.2) is 75.2 Å². The second-order valence-electron chi connectivity index (χ2n) is 7.91. The minimum atomic E-state index is -1.42. The molecular weight excluding hydrogens is 398 g/mol. The van der Waals surface area contributed by atoms with Crippen LogP contribution < -0.4 is 5.32 Å². The number of hydrogen-bond acceptors (Lipinski definition) is 6. The molecule has 1 aromatic carbocycles. The smallest absolute Gasteiger partial charge is 0.271 e. The van der Waals surface area contributed by atoms with Crippen molar-refractivity contribution in [2.24, 2.45) is 0 Å². The highest BCUT2D eigenvalue weighted by Crippen LogP contribution is 2.24. The molecule has 9 heteroatoms. The van der Waals surface area contributed by atoms with Crippen molar-refractivity contribution in [3.05, 3.63) is 59.3 Å². The topological polar surface area (TPSA) is 120 Å². The van der Waals surface area contributed by atoms with Crippen molar-refractivity contribution in [1.82, 2.24) is 25.2 Å². The Morgan fingerprint density at radius 3 is 2.94 bits per heavy atom. The molecular formula is C22H25N5O4. The third-order valence-electron chi connectivity index (χ3n) is 5.58. The van der Waals surface area contributed by atoms with E-state index in [1.165, 1.54) is 18.6 Å². The summed E-state index contributed by atoms with van der Waals surface area (Å²) in [6, 6.07) is 5.54. The molecule has 2 amide bonds. The van der Waals surface area contributed by atoms with Gasteiger partial charge in [0.15, 0.2) is 0 Å². The molecule has 0 spiro atoms. The highest BCUT2D eigenvalue weighted by atomic mass is 16.5. The van der Waals surface area contributed by atoms with Gasteiger partial charge in [0.25, 0.3) is 11.8 Å². The Morgan fingerprint density at radius 2 is 2.16 bits per heavy atom. The van der Waals surface area contributed by atoms with Gasteiger partial charge in [-0.1, -0.05) is 0 Å². The van der Waals surface area contributed by atoms with Crippen molar-refractivity contribution in [3.8, 4) is 0 Å². The summed E-state index contributed by atoms with van der Waals surface area (Å²) < 4.78 is 5.53. The number of hydrogen-bond donors (Lipinski definition) is 3. The quantitative estimate of drug-likeness (QED) is 0.580. The van der Waals surface area contributed by atoms with E-state index < -0.39 is 11.5 Å². The number of carbonyl (C=O) groups excluding carboxylic acids is 2. The Bertz CT molecular complexity index is 1110. The van der Waals surface area contributed by atoms with Gasteiger partial charge in [0, 0.05) is 41.1 Å². The first-order valence-electron chi connectivity index (χ1n) is 10.1. The van der Waals surface area contributed by atoms with Gasteiger partial charge in [0.05, 0.1) is 32.5 Å². The number of nitrogens with zero attached hydrogens (tertiary/aromatic N) is 3. The zero-order valence-corrected chi connectivity index (χ0v) is 17.5. The number of aliphatic hydroxyl groups is 1. The molecule has 1 saturated heterocycles. The lowest BCUT2D eigenvalue weighted by molar-refractivity contribution is -0.0324. The molecule has 1 aliphatic heterocycles. The molecule has 0 aliphatic carbocycles. The first-order chi connectivity index (χ1) is 14.9. The molecule has 4 rings (SSSR count). The molecule has 0 radical (unpaired) electrons. The van der Waals surface area contributed by atoms with E-state index in [0.717, 1.165) is 22.2 Å². The van der Waals surface area contributed by atoms with Gasteiger partial charge in [-0.05, 0) is 37.6 Å². The van der Waals surface area contributed by atoms with Crippen molar-refractivity contribution in [1.29, 1.82) is 0 Å². The van der Waals surface area contributed by atoms with E-state index in [1.807, 2.05) is 26.0 Å². The molecule has 0 bridgehead atoms. The third kappa shape index (κ3) is 4.42. The van der Waals surface area contributed by atoms with Crippen molar-refractivity contribution in [2.75, 3.05) is 32.8 Å². The molecule has 3 aromatic rings. The molecule has 3 heterocycles. The standard InChI is InChI=1S/C22H25N5O4/c1-14-15(2)26-18-4-3-16(9-17(14)18)21(29)27-7-8-31-13-22(30,12-27)11-25-20(28)19-10-23-5-6-24-19/h3-6,9-10,26,30H,7-8,11-13H2,1-2H3,(H,25,28)/t22-/m0/s1. The van der Waals surface area contributed by atoms with Gasteiger partial charge >= 0.3 is 0 Å². The predicted octanol–water partition coefficient (Wildman–Crippen LogP) is 1.21.